The number of carbonyl (C=O) groups is 1. The molecule has 0 bridgehead atoms. The maximum Gasteiger partial charge on any atom is 0.254 e. The summed E-state index contributed by atoms with van der Waals surface area (Å²) in [6, 6.07) is 4.39. The molecule has 1 aromatic rings. The van der Waals surface area contributed by atoms with Gasteiger partial charge in [-0.15, -0.1) is 0 Å². The van der Waals surface area contributed by atoms with Crippen LogP contribution in [0.3, 0.4) is 0 Å². The molecule has 0 aliphatic carbocycles. The second-order valence-electron chi connectivity index (χ2n) is 4.61. The summed E-state index contributed by atoms with van der Waals surface area (Å²) >= 11 is 0. The summed E-state index contributed by atoms with van der Waals surface area (Å²) in [5.74, 6) is -0.521. The molecule has 1 atom stereocenters. The number of nitrogens with two attached hydrogens (primary N) is 1. The van der Waals surface area contributed by atoms with E-state index in [1.807, 2.05) is 0 Å². The van der Waals surface area contributed by atoms with Gasteiger partial charge in [-0.2, -0.15) is 0 Å². The molecular weight excluding hydrogens is 233 g/mol. The Kier molecular flexibility index (Phi) is 3.93. The fraction of sp³-hybridized carbons (Fsp3) is 0.462. The van der Waals surface area contributed by atoms with Gasteiger partial charge in [-0.1, -0.05) is 0 Å². The van der Waals surface area contributed by atoms with Crippen molar-refractivity contribution in [2.24, 2.45) is 5.73 Å². The molecule has 1 saturated heterocycles. The predicted molar refractivity (Wildman–Crippen MR) is 67.9 cm³/mol. The lowest BCUT2D eigenvalue weighted by Crippen LogP contribution is -2.56. The van der Waals surface area contributed by atoms with Crippen molar-refractivity contribution in [3.05, 3.63) is 35.1 Å². The molecule has 1 unspecified atom stereocenters. The number of rotatable bonds is 2. The van der Waals surface area contributed by atoms with Crippen LogP contribution in [-0.4, -0.2) is 43.0 Å². The van der Waals surface area contributed by atoms with Gasteiger partial charge in [0.25, 0.3) is 5.91 Å². The lowest BCUT2D eigenvalue weighted by atomic mass is 10.1. The molecule has 18 heavy (non-hydrogen) atoms. The minimum Gasteiger partial charge on any atom is -0.332 e. The molecule has 3 N–H and O–H groups in total. The highest BCUT2D eigenvalue weighted by molar-refractivity contribution is 5.94. The monoisotopic (exact) mass is 251 g/mol. The second kappa shape index (κ2) is 5.46. The Morgan fingerprint density at radius 2 is 2.33 bits per heavy atom. The Balaban J connectivity index is 2.23. The first-order valence-corrected chi connectivity index (χ1v) is 6.11. The van der Waals surface area contributed by atoms with Crippen molar-refractivity contribution in [1.29, 1.82) is 0 Å². The predicted octanol–water partition coefficient (Wildman–Crippen LogP) is 0.507. The topological polar surface area (TPSA) is 58.4 Å². The molecule has 1 aliphatic rings. The average Bonchev–Trinajstić information content (AvgIpc) is 2.36. The first-order valence-electron chi connectivity index (χ1n) is 6.11. The first kappa shape index (κ1) is 13.0. The normalized spacial score (nSPS) is 19.9. The van der Waals surface area contributed by atoms with Gasteiger partial charge in [0.05, 0.1) is 6.04 Å². The van der Waals surface area contributed by atoms with Crippen LogP contribution in [-0.2, 0) is 0 Å². The van der Waals surface area contributed by atoms with E-state index in [0.29, 0.717) is 25.2 Å². The minimum atomic E-state index is -0.377. The number of nitrogens with one attached hydrogen (secondary N) is 1. The van der Waals surface area contributed by atoms with Gasteiger partial charge in [-0.25, -0.2) is 4.39 Å². The van der Waals surface area contributed by atoms with Gasteiger partial charge in [0.15, 0.2) is 0 Å². The van der Waals surface area contributed by atoms with Gasteiger partial charge < -0.3 is 16.0 Å². The maximum absolute atomic E-state index is 13.3. The Morgan fingerprint density at radius 1 is 1.56 bits per heavy atom. The summed E-state index contributed by atoms with van der Waals surface area (Å²) in [4.78, 5) is 14.1. The molecule has 0 spiro atoms. The van der Waals surface area contributed by atoms with Gasteiger partial charge in [-0.05, 0) is 30.7 Å². The molecule has 0 saturated carbocycles. The van der Waals surface area contributed by atoms with Crippen LogP contribution in [0.4, 0.5) is 4.39 Å². The van der Waals surface area contributed by atoms with E-state index in [-0.39, 0.29) is 17.8 Å². The molecule has 1 fully saturated rings. The van der Waals surface area contributed by atoms with Crippen molar-refractivity contribution in [1.82, 2.24) is 10.2 Å². The first-order chi connectivity index (χ1) is 8.61. The molecule has 1 heterocycles. The highest BCUT2D eigenvalue weighted by Gasteiger charge is 2.26. The van der Waals surface area contributed by atoms with Crippen LogP contribution in [0, 0.1) is 12.7 Å². The zero-order chi connectivity index (χ0) is 13.1. The van der Waals surface area contributed by atoms with E-state index in [1.165, 1.54) is 12.1 Å². The summed E-state index contributed by atoms with van der Waals surface area (Å²) in [5, 5.41) is 3.20. The fourth-order valence-corrected chi connectivity index (χ4v) is 2.26. The highest BCUT2D eigenvalue weighted by Crippen LogP contribution is 2.13. The summed E-state index contributed by atoms with van der Waals surface area (Å²) < 4.78 is 13.3. The van der Waals surface area contributed by atoms with Crippen LogP contribution in [0.15, 0.2) is 18.2 Å². The lowest BCUT2D eigenvalue weighted by molar-refractivity contribution is 0.0644. The van der Waals surface area contributed by atoms with Crippen molar-refractivity contribution in [3.63, 3.8) is 0 Å². The molecular formula is C13H18FN3O. The van der Waals surface area contributed by atoms with Crippen molar-refractivity contribution in [2.75, 3.05) is 26.2 Å². The number of nitrogens with zero attached hydrogens (tertiary/aromatic N) is 1. The van der Waals surface area contributed by atoms with Gasteiger partial charge in [0, 0.05) is 31.7 Å². The Morgan fingerprint density at radius 3 is 3.00 bits per heavy atom. The van der Waals surface area contributed by atoms with Crippen molar-refractivity contribution in [2.45, 2.75) is 13.0 Å². The van der Waals surface area contributed by atoms with E-state index < -0.39 is 0 Å². The maximum atomic E-state index is 13.3. The van der Waals surface area contributed by atoms with Crippen LogP contribution in [0.2, 0.25) is 0 Å². The van der Waals surface area contributed by atoms with Gasteiger partial charge in [0.1, 0.15) is 5.82 Å². The van der Waals surface area contributed by atoms with Crippen LogP contribution in [0.25, 0.3) is 0 Å². The Bertz CT molecular complexity index is 430. The van der Waals surface area contributed by atoms with E-state index >= 15 is 0 Å². The SMILES string of the molecule is Cc1cc(F)cc(C(=O)N2CCNCC2CN)c1. The number of piperazine rings is 1. The second-order valence-corrected chi connectivity index (χ2v) is 4.61. The van der Waals surface area contributed by atoms with E-state index in [0.717, 1.165) is 12.1 Å². The van der Waals surface area contributed by atoms with E-state index in [1.54, 1.807) is 17.9 Å². The number of aryl methyl sites for hydroxylation is 1. The Labute approximate surface area is 106 Å². The zero-order valence-electron chi connectivity index (χ0n) is 10.4. The highest BCUT2D eigenvalue weighted by atomic mass is 19.1. The zero-order valence-corrected chi connectivity index (χ0v) is 10.4. The third-order valence-corrected chi connectivity index (χ3v) is 3.17. The Hall–Kier alpha value is -1.46. The molecule has 4 nitrogen and oxygen atoms in total. The standard InChI is InChI=1S/C13H18FN3O/c1-9-4-10(6-11(14)5-9)13(18)17-3-2-16-8-12(17)7-15/h4-6,12,16H,2-3,7-8,15H2,1H3. The molecule has 98 valence electrons. The molecule has 0 aromatic heterocycles. The summed E-state index contributed by atoms with van der Waals surface area (Å²) in [6.45, 7) is 4.23. The molecule has 2 rings (SSSR count). The van der Waals surface area contributed by atoms with Gasteiger partial charge in [-0.3, -0.25) is 4.79 Å². The molecule has 0 radical (unpaired) electrons. The van der Waals surface area contributed by atoms with Crippen LogP contribution >= 0.6 is 0 Å². The fourth-order valence-electron chi connectivity index (χ4n) is 2.26. The number of benzene rings is 1. The van der Waals surface area contributed by atoms with Crippen molar-refractivity contribution < 1.29 is 9.18 Å². The van der Waals surface area contributed by atoms with Crippen LogP contribution in [0.5, 0.6) is 0 Å². The molecule has 1 aliphatic heterocycles. The van der Waals surface area contributed by atoms with Crippen LogP contribution < -0.4 is 11.1 Å². The number of amides is 1. The van der Waals surface area contributed by atoms with Gasteiger partial charge >= 0.3 is 0 Å². The quantitative estimate of drug-likeness (QED) is 0.805. The number of halogens is 1. The van der Waals surface area contributed by atoms with E-state index in [2.05, 4.69) is 5.32 Å². The average molecular weight is 251 g/mol. The molecule has 1 aromatic carbocycles. The van der Waals surface area contributed by atoms with Crippen molar-refractivity contribution >= 4 is 5.91 Å². The smallest absolute Gasteiger partial charge is 0.254 e. The van der Waals surface area contributed by atoms with E-state index in [9.17, 15) is 9.18 Å². The third kappa shape index (κ3) is 2.68. The molecule has 1 amide bonds. The number of hydrogen-bond acceptors (Lipinski definition) is 3. The third-order valence-electron chi connectivity index (χ3n) is 3.17. The minimum absolute atomic E-state index is 0.0187. The van der Waals surface area contributed by atoms with E-state index in [4.69, 9.17) is 5.73 Å². The summed E-state index contributed by atoms with van der Waals surface area (Å²) in [7, 11) is 0. The lowest BCUT2D eigenvalue weighted by Gasteiger charge is -2.35. The number of carbonyl (C=O) groups excluding carboxylic acids is 1. The number of hydrogen-bond donors (Lipinski definition) is 2. The van der Waals surface area contributed by atoms with Gasteiger partial charge in [0.2, 0.25) is 0 Å². The largest absolute Gasteiger partial charge is 0.332 e. The summed E-state index contributed by atoms with van der Waals surface area (Å²) in [6.07, 6.45) is 0. The molecule has 5 heteroatoms. The summed E-state index contributed by atoms with van der Waals surface area (Å²) in [5.41, 5.74) is 6.81. The van der Waals surface area contributed by atoms with Crippen LogP contribution in [0.1, 0.15) is 15.9 Å². The van der Waals surface area contributed by atoms with Crippen molar-refractivity contribution in [3.8, 4) is 0 Å².